The van der Waals surface area contributed by atoms with Crippen LogP contribution in [0.15, 0.2) is 36.4 Å². The molecular weight excluding hydrogens is 450 g/mol. The largest absolute Gasteiger partial charge is 0.494 e. The lowest BCUT2D eigenvalue weighted by molar-refractivity contribution is -0.140. The Bertz CT molecular complexity index is 1050. The number of carbonyl (C=O) groups excluding carboxylic acids is 1. The van der Waals surface area contributed by atoms with Gasteiger partial charge in [-0.1, -0.05) is 23.7 Å². The normalized spacial score (nSPS) is 18.2. The summed E-state index contributed by atoms with van der Waals surface area (Å²) in [6.45, 7) is 8.25. The van der Waals surface area contributed by atoms with Crippen LogP contribution in [0.2, 0.25) is 5.02 Å². The molecule has 2 unspecified atom stereocenters. The van der Waals surface area contributed by atoms with Gasteiger partial charge in [0.1, 0.15) is 11.5 Å². The van der Waals surface area contributed by atoms with Crippen LogP contribution in [0.5, 0.6) is 11.5 Å². The number of hydrogen-bond donors (Lipinski definition) is 0. The van der Waals surface area contributed by atoms with E-state index in [9.17, 15) is 13.2 Å². The van der Waals surface area contributed by atoms with Crippen LogP contribution in [-0.4, -0.2) is 49.5 Å². The van der Waals surface area contributed by atoms with E-state index in [0.717, 1.165) is 22.4 Å². The predicted octanol–water partition coefficient (Wildman–Crippen LogP) is 4.34. The van der Waals surface area contributed by atoms with Gasteiger partial charge in [0, 0.05) is 17.6 Å². The number of amides is 1. The maximum absolute atomic E-state index is 13.4. The second-order valence-corrected chi connectivity index (χ2v) is 10.8. The van der Waals surface area contributed by atoms with Gasteiger partial charge in [-0.15, -0.1) is 0 Å². The molecule has 0 spiro atoms. The molecule has 1 aliphatic rings. The van der Waals surface area contributed by atoms with Gasteiger partial charge < -0.3 is 14.4 Å². The number of benzene rings is 2. The Morgan fingerprint density at radius 2 is 1.78 bits per heavy atom. The number of halogens is 1. The number of ether oxygens (including phenoxy) is 2. The van der Waals surface area contributed by atoms with E-state index in [0.29, 0.717) is 30.3 Å². The van der Waals surface area contributed by atoms with Crippen LogP contribution in [0.1, 0.15) is 37.0 Å². The Labute approximate surface area is 195 Å². The molecule has 1 aliphatic heterocycles. The average molecular weight is 480 g/mol. The van der Waals surface area contributed by atoms with Crippen LogP contribution in [-0.2, 0) is 21.2 Å². The molecule has 1 heterocycles. The zero-order valence-electron chi connectivity index (χ0n) is 18.9. The smallest absolute Gasteiger partial charge is 0.263 e. The molecule has 174 valence electrons. The van der Waals surface area contributed by atoms with Gasteiger partial charge >= 0.3 is 0 Å². The molecule has 6 nitrogen and oxygen atoms in total. The van der Waals surface area contributed by atoms with Gasteiger partial charge in [0.15, 0.2) is 15.9 Å². The van der Waals surface area contributed by atoms with Gasteiger partial charge in [-0.25, -0.2) is 8.42 Å². The lowest BCUT2D eigenvalue weighted by Crippen LogP contribution is -2.46. The van der Waals surface area contributed by atoms with Crippen LogP contribution in [0.25, 0.3) is 0 Å². The molecule has 0 aromatic heterocycles. The Morgan fingerprint density at radius 1 is 1.16 bits per heavy atom. The Kier molecular flexibility index (Phi) is 7.72. The van der Waals surface area contributed by atoms with E-state index in [2.05, 4.69) is 0 Å². The summed E-state index contributed by atoms with van der Waals surface area (Å²) in [4.78, 5) is 15.1. The first-order valence-corrected chi connectivity index (χ1v) is 13.0. The van der Waals surface area contributed by atoms with E-state index in [-0.39, 0.29) is 23.5 Å². The van der Waals surface area contributed by atoms with Crippen molar-refractivity contribution in [1.82, 2.24) is 4.90 Å². The average Bonchev–Trinajstić information content (AvgIpc) is 3.10. The first-order valence-electron chi connectivity index (χ1n) is 10.8. The lowest BCUT2D eigenvalue weighted by Gasteiger charge is -2.31. The predicted molar refractivity (Wildman–Crippen MR) is 126 cm³/mol. The molecule has 1 amide bonds. The first-order chi connectivity index (χ1) is 15.1. The van der Waals surface area contributed by atoms with Crippen molar-refractivity contribution >= 4 is 27.3 Å². The minimum atomic E-state index is -3.15. The quantitative estimate of drug-likeness (QED) is 0.563. The number of carbonyl (C=O) groups is 1. The van der Waals surface area contributed by atoms with Crippen molar-refractivity contribution in [3.8, 4) is 11.5 Å². The fraction of sp³-hybridized carbons (Fsp3) is 0.458. The van der Waals surface area contributed by atoms with Crippen LogP contribution in [0, 0.1) is 13.8 Å². The highest BCUT2D eigenvalue weighted by Gasteiger charge is 2.36. The molecule has 0 radical (unpaired) electrons. The summed E-state index contributed by atoms with van der Waals surface area (Å²) in [5, 5.41) is 0.671. The maximum atomic E-state index is 13.4. The summed E-state index contributed by atoms with van der Waals surface area (Å²) in [6.07, 6.45) is -0.349. The Morgan fingerprint density at radius 3 is 2.31 bits per heavy atom. The van der Waals surface area contributed by atoms with Crippen LogP contribution in [0.4, 0.5) is 0 Å². The minimum Gasteiger partial charge on any atom is -0.494 e. The molecule has 2 atom stereocenters. The van der Waals surface area contributed by atoms with Crippen molar-refractivity contribution in [3.05, 3.63) is 58.1 Å². The zero-order valence-corrected chi connectivity index (χ0v) is 20.5. The van der Waals surface area contributed by atoms with Crippen molar-refractivity contribution in [2.45, 2.75) is 52.8 Å². The molecule has 32 heavy (non-hydrogen) atoms. The van der Waals surface area contributed by atoms with Crippen LogP contribution < -0.4 is 9.47 Å². The molecule has 0 aliphatic carbocycles. The summed E-state index contributed by atoms with van der Waals surface area (Å²) in [5.74, 6) is 1.14. The number of aryl methyl sites for hydroxylation is 2. The molecule has 2 aromatic rings. The summed E-state index contributed by atoms with van der Waals surface area (Å²) in [7, 11) is -3.15. The van der Waals surface area contributed by atoms with Gasteiger partial charge in [0.25, 0.3) is 5.91 Å². The third kappa shape index (κ3) is 5.95. The Balaban J connectivity index is 1.81. The summed E-state index contributed by atoms with van der Waals surface area (Å²) < 4.78 is 35.7. The van der Waals surface area contributed by atoms with E-state index in [4.69, 9.17) is 21.1 Å². The highest BCUT2D eigenvalue weighted by atomic mass is 35.5. The van der Waals surface area contributed by atoms with Crippen molar-refractivity contribution in [3.63, 3.8) is 0 Å². The minimum absolute atomic E-state index is 0.0261. The molecule has 0 saturated carbocycles. The van der Waals surface area contributed by atoms with Crippen LogP contribution in [0.3, 0.4) is 0 Å². The highest BCUT2D eigenvalue weighted by Crippen LogP contribution is 2.28. The maximum Gasteiger partial charge on any atom is 0.263 e. The SMILES string of the molecule is CCOc1ccc(CN(C(=O)C(C)Oc2cc(C)c(Cl)c(C)c2)C2CCS(=O)(=O)C2)cc1. The third-order valence-electron chi connectivity index (χ3n) is 5.59. The summed E-state index contributed by atoms with van der Waals surface area (Å²) in [5.41, 5.74) is 2.64. The number of hydrogen-bond acceptors (Lipinski definition) is 5. The Hall–Kier alpha value is -2.25. The van der Waals surface area contributed by atoms with E-state index >= 15 is 0 Å². The fourth-order valence-corrected chi connectivity index (χ4v) is 5.76. The van der Waals surface area contributed by atoms with Gasteiger partial charge in [-0.3, -0.25) is 4.79 Å². The second kappa shape index (κ2) is 10.1. The van der Waals surface area contributed by atoms with E-state index in [1.54, 1.807) is 24.0 Å². The molecular formula is C24H30ClNO5S. The van der Waals surface area contributed by atoms with Gasteiger partial charge in [0.05, 0.1) is 18.1 Å². The molecule has 8 heteroatoms. The van der Waals surface area contributed by atoms with Crippen molar-refractivity contribution in [1.29, 1.82) is 0 Å². The van der Waals surface area contributed by atoms with Crippen LogP contribution >= 0.6 is 11.6 Å². The molecule has 1 fully saturated rings. The standard InChI is InChI=1S/C24H30ClNO5S/c1-5-30-21-8-6-19(7-9-21)14-26(20-10-11-32(28,29)15-20)24(27)18(4)31-22-12-16(2)23(25)17(3)13-22/h6-9,12-13,18,20H,5,10-11,14-15H2,1-4H3. The first kappa shape index (κ1) is 24.4. The monoisotopic (exact) mass is 479 g/mol. The van der Waals surface area contributed by atoms with Gasteiger partial charge in [0.2, 0.25) is 0 Å². The topological polar surface area (TPSA) is 72.9 Å². The van der Waals surface area contributed by atoms with Gasteiger partial charge in [-0.05, 0) is 75.1 Å². The fourth-order valence-electron chi connectivity index (χ4n) is 3.92. The number of sulfone groups is 1. The summed E-state index contributed by atoms with van der Waals surface area (Å²) >= 11 is 6.24. The second-order valence-electron chi connectivity index (χ2n) is 8.23. The number of nitrogens with zero attached hydrogens (tertiary/aromatic N) is 1. The third-order valence-corrected chi connectivity index (χ3v) is 7.94. The van der Waals surface area contributed by atoms with E-state index < -0.39 is 15.9 Å². The zero-order chi connectivity index (χ0) is 23.5. The molecule has 1 saturated heterocycles. The van der Waals surface area contributed by atoms with Crippen molar-refractivity contribution in [2.75, 3.05) is 18.1 Å². The van der Waals surface area contributed by atoms with E-state index in [1.807, 2.05) is 45.0 Å². The highest BCUT2D eigenvalue weighted by molar-refractivity contribution is 7.91. The van der Waals surface area contributed by atoms with Gasteiger partial charge in [-0.2, -0.15) is 0 Å². The number of rotatable bonds is 8. The summed E-state index contributed by atoms with van der Waals surface area (Å²) in [6, 6.07) is 10.7. The molecule has 0 bridgehead atoms. The lowest BCUT2D eigenvalue weighted by atomic mass is 10.1. The molecule has 3 rings (SSSR count). The van der Waals surface area contributed by atoms with Crippen molar-refractivity contribution < 1.29 is 22.7 Å². The van der Waals surface area contributed by atoms with E-state index in [1.165, 1.54) is 0 Å². The van der Waals surface area contributed by atoms with Crippen molar-refractivity contribution in [2.24, 2.45) is 0 Å². The molecule has 2 aromatic carbocycles. The molecule has 0 N–H and O–H groups in total.